The SMILES string of the molecule is Cc1ccc([N+](=O)[O-])c(OC(=O)Nc2ccc(Cl)c(Cl)c2)c1. The van der Waals surface area contributed by atoms with Crippen LogP contribution in [0.3, 0.4) is 0 Å². The first-order valence-electron chi connectivity index (χ1n) is 6.06. The summed E-state index contributed by atoms with van der Waals surface area (Å²) in [4.78, 5) is 22.1. The molecule has 0 aromatic heterocycles. The van der Waals surface area contributed by atoms with E-state index in [2.05, 4.69) is 5.32 Å². The van der Waals surface area contributed by atoms with Crippen LogP contribution in [0.5, 0.6) is 5.75 Å². The topological polar surface area (TPSA) is 81.5 Å². The van der Waals surface area contributed by atoms with Crippen LogP contribution >= 0.6 is 23.2 Å². The summed E-state index contributed by atoms with van der Waals surface area (Å²) in [5.41, 5.74) is 0.785. The van der Waals surface area contributed by atoms with E-state index in [9.17, 15) is 14.9 Å². The Bertz CT molecular complexity index is 750. The van der Waals surface area contributed by atoms with Gasteiger partial charge in [-0.05, 0) is 36.8 Å². The summed E-state index contributed by atoms with van der Waals surface area (Å²) < 4.78 is 4.99. The average molecular weight is 341 g/mol. The van der Waals surface area contributed by atoms with E-state index in [0.29, 0.717) is 10.7 Å². The summed E-state index contributed by atoms with van der Waals surface area (Å²) in [6.45, 7) is 1.73. The van der Waals surface area contributed by atoms with Crippen LogP contribution in [0.25, 0.3) is 0 Å². The van der Waals surface area contributed by atoms with Gasteiger partial charge in [-0.3, -0.25) is 15.4 Å². The number of aryl methyl sites for hydroxylation is 1. The van der Waals surface area contributed by atoms with Gasteiger partial charge in [0, 0.05) is 11.8 Å². The van der Waals surface area contributed by atoms with Crippen molar-refractivity contribution >= 4 is 40.7 Å². The molecule has 0 spiro atoms. The van der Waals surface area contributed by atoms with Gasteiger partial charge in [0.15, 0.2) is 0 Å². The molecule has 0 aliphatic carbocycles. The van der Waals surface area contributed by atoms with E-state index in [1.807, 2.05) is 0 Å². The number of benzene rings is 2. The third-order valence-corrected chi connectivity index (χ3v) is 3.42. The minimum Gasteiger partial charge on any atom is -0.403 e. The zero-order valence-electron chi connectivity index (χ0n) is 11.3. The Balaban J connectivity index is 2.16. The molecule has 114 valence electrons. The molecule has 0 atom stereocenters. The number of ether oxygens (including phenoxy) is 1. The standard InChI is InChI=1S/C14H10Cl2N2O4/c1-8-2-5-12(18(20)21)13(6-8)22-14(19)17-9-3-4-10(15)11(16)7-9/h2-7H,1H3,(H,17,19). The van der Waals surface area contributed by atoms with Crippen molar-refractivity contribution in [2.24, 2.45) is 0 Å². The van der Waals surface area contributed by atoms with Crippen LogP contribution in [0, 0.1) is 17.0 Å². The number of halogens is 2. The van der Waals surface area contributed by atoms with E-state index in [1.54, 1.807) is 13.0 Å². The minimum atomic E-state index is -0.868. The van der Waals surface area contributed by atoms with Gasteiger partial charge < -0.3 is 4.74 Å². The van der Waals surface area contributed by atoms with Gasteiger partial charge in [0.25, 0.3) is 0 Å². The van der Waals surface area contributed by atoms with Gasteiger partial charge in [-0.15, -0.1) is 0 Å². The minimum absolute atomic E-state index is 0.137. The van der Waals surface area contributed by atoms with Crippen LogP contribution in [0.15, 0.2) is 36.4 Å². The molecule has 0 heterocycles. The fourth-order valence-corrected chi connectivity index (χ4v) is 1.97. The van der Waals surface area contributed by atoms with Crippen LogP contribution in [0.2, 0.25) is 10.0 Å². The largest absolute Gasteiger partial charge is 0.417 e. The Hall–Kier alpha value is -2.31. The van der Waals surface area contributed by atoms with Crippen molar-refractivity contribution in [3.63, 3.8) is 0 Å². The molecule has 1 amide bonds. The molecule has 0 saturated carbocycles. The van der Waals surface area contributed by atoms with Gasteiger partial charge in [0.1, 0.15) is 0 Å². The van der Waals surface area contributed by atoms with Crippen LogP contribution in [-0.4, -0.2) is 11.0 Å². The van der Waals surface area contributed by atoms with E-state index >= 15 is 0 Å². The molecule has 8 heteroatoms. The molecule has 2 aromatic carbocycles. The molecule has 1 N–H and O–H groups in total. The lowest BCUT2D eigenvalue weighted by molar-refractivity contribution is -0.385. The maximum Gasteiger partial charge on any atom is 0.417 e. The summed E-state index contributed by atoms with van der Waals surface area (Å²) in [5.74, 6) is -0.137. The number of nitro groups is 1. The number of anilines is 1. The molecular formula is C14H10Cl2N2O4. The number of carbonyl (C=O) groups is 1. The molecule has 0 bridgehead atoms. The van der Waals surface area contributed by atoms with Crippen LogP contribution in [0.1, 0.15) is 5.56 Å². The number of nitrogens with zero attached hydrogens (tertiary/aromatic N) is 1. The highest BCUT2D eigenvalue weighted by Crippen LogP contribution is 2.29. The Morgan fingerprint density at radius 3 is 2.55 bits per heavy atom. The van der Waals surface area contributed by atoms with Gasteiger partial charge in [-0.1, -0.05) is 29.3 Å². The van der Waals surface area contributed by atoms with E-state index < -0.39 is 11.0 Å². The fourth-order valence-electron chi connectivity index (χ4n) is 1.67. The van der Waals surface area contributed by atoms with Crippen molar-refractivity contribution in [1.82, 2.24) is 0 Å². The lowest BCUT2D eigenvalue weighted by atomic mass is 10.2. The predicted octanol–water partition coefficient (Wildman–Crippen LogP) is 4.82. The summed E-state index contributed by atoms with van der Waals surface area (Å²) in [7, 11) is 0. The average Bonchev–Trinajstić information content (AvgIpc) is 2.42. The van der Waals surface area contributed by atoms with Crippen molar-refractivity contribution in [3.8, 4) is 5.75 Å². The molecule has 0 radical (unpaired) electrons. The molecule has 0 saturated heterocycles. The van der Waals surface area contributed by atoms with Gasteiger partial charge >= 0.3 is 11.8 Å². The van der Waals surface area contributed by atoms with Gasteiger partial charge in [-0.2, -0.15) is 0 Å². The highest BCUT2D eigenvalue weighted by Gasteiger charge is 2.18. The smallest absolute Gasteiger partial charge is 0.403 e. The zero-order chi connectivity index (χ0) is 16.3. The van der Waals surface area contributed by atoms with Gasteiger partial charge in [0.05, 0.1) is 15.0 Å². The first-order chi connectivity index (χ1) is 10.4. The molecule has 22 heavy (non-hydrogen) atoms. The molecule has 0 aliphatic rings. The zero-order valence-corrected chi connectivity index (χ0v) is 12.8. The molecule has 6 nitrogen and oxygen atoms in total. The Labute approximate surface area is 135 Å². The third-order valence-electron chi connectivity index (χ3n) is 2.68. The molecular weight excluding hydrogens is 331 g/mol. The quantitative estimate of drug-likeness (QED) is 0.641. The molecule has 2 aromatic rings. The fraction of sp³-hybridized carbons (Fsp3) is 0.0714. The maximum atomic E-state index is 11.8. The van der Waals surface area contributed by atoms with E-state index in [1.165, 1.54) is 30.3 Å². The van der Waals surface area contributed by atoms with Crippen molar-refractivity contribution in [2.45, 2.75) is 6.92 Å². The summed E-state index contributed by atoms with van der Waals surface area (Å²) in [6.07, 6.45) is -0.868. The first kappa shape index (κ1) is 16.1. The highest BCUT2D eigenvalue weighted by atomic mass is 35.5. The van der Waals surface area contributed by atoms with Crippen LogP contribution in [0.4, 0.5) is 16.2 Å². The van der Waals surface area contributed by atoms with E-state index in [4.69, 9.17) is 27.9 Å². The van der Waals surface area contributed by atoms with Crippen molar-refractivity contribution in [3.05, 3.63) is 62.1 Å². The molecule has 2 rings (SSSR count). The summed E-state index contributed by atoms with van der Waals surface area (Å²) in [5, 5.41) is 13.9. The normalized spacial score (nSPS) is 10.1. The Morgan fingerprint density at radius 2 is 1.91 bits per heavy atom. The second-order valence-electron chi connectivity index (χ2n) is 4.37. The number of hydrogen-bond donors (Lipinski definition) is 1. The molecule has 0 aliphatic heterocycles. The summed E-state index contributed by atoms with van der Waals surface area (Å²) >= 11 is 11.6. The number of nitro benzene ring substituents is 1. The maximum absolute atomic E-state index is 11.8. The number of hydrogen-bond acceptors (Lipinski definition) is 4. The predicted molar refractivity (Wildman–Crippen MR) is 83.9 cm³/mol. The lowest BCUT2D eigenvalue weighted by Crippen LogP contribution is -2.17. The van der Waals surface area contributed by atoms with Crippen molar-refractivity contribution in [1.29, 1.82) is 0 Å². The van der Waals surface area contributed by atoms with E-state index in [0.717, 1.165) is 5.56 Å². The van der Waals surface area contributed by atoms with Gasteiger partial charge in [-0.25, -0.2) is 4.79 Å². The van der Waals surface area contributed by atoms with Crippen molar-refractivity contribution in [2.75, 3.05) is 5.32 Å². The van der Waals surface area contributed by atoms with Gasteiger partial charge in [0.2, 0.25) is 5.75 Å². The van der Waals surface area contributed by atoms with Crippen LogP contribution in [-0.2, 0) is 0 Å². The monoisotopic (exact) mass is 340 g/mol. The number of nitrogens with one attached hydrogen (secondary N) is 1. The Kier molecular flexibility index (Phi) is 4.85. The number of amides is 1. The van der Waals surface area contributed by atoms with E-state index in [-0.39, 0.29) is 16.5 Å². The molecule has 0 unspecified atom stereocenters. The van der Waals surface area contributed by atoms with Crippen molar-refractivity contribution < 1.29 is 14.5 Å². The second kappa shape index (κ2) is 6.64. The molecule has 0 fully saturated rings. The Morgan fingerprint density at radius 1 is 1.18 bits per heavy atom. The highest BCUT2D eigenvalue weighted by molar-refractivity contribution is 6.42. The second-order valence-corrected chi connectivity index (χ2v) is 5.19. The lowest BCUT2D eigenvalue weighted by Gasteiger charge is -2.08. The third kappa shape index (κ3) is 3.87. The first-order valence-corrected chi connectivity index (χ1v) is 6.81. The number of rotatable bonds is 3. The van der Waals surface area contributed by atoms with Crippen LogP contribution < -0.4 is 10.1 Å². The summed E-state index contributed by atoms with van der Waals surface area (Å²) in [6, 6.07) is 8.72. The number of carbonyl (C=O) groups excluding carboxylic acids is 1.